The summed E-state index contributed by atoms with van der Waals surface area (Å²) in [5, 5.41) is 11.9. The van der Waals surface area contributed by atoms with Gasteiger partial charge in [-0.2, -0.15) is 0 Å². The molecule has 2 aliphatic heterocycles. The smallest absolute Gasteiger partial charge is 0.330 e. The van der Waals surface area contributed by atoms with Gasteiger partial charge >= 0.3 is 5.69 Å². The number of aromatic amines is 1. The van der Waals surface area contributed by atoms with E-state index in [1.165, 1.54) is 10.8 Å². The summed E-state index contributed by atoms with van der Waals surface area (Å²) in [6.45, 7) is 1.84. The van der Waals surface area contributed by atoms with Crippen LogP contribution >= 0.6 is 0 Å². The van der Waals surface area contributed by atoms with Gasteiger partial charge in [0.05, 0.1) is 27.4 Å². The van der Waals surface area contributed by atoms with E-state index in [9.17, 15) is 14.7 Å². The second kappa shape index (κ2) is 11.5. The Morgan fingerprint density at radius 3 is 2.09 bits per heavy atom. The number of ether oxygens (including phenoxy) is 5. The van der Waals surface area contributed by atoms with Gasteiger partial charge in [0.15, 0.2) is 6.23 Å². The number of fused-ring (bicyclic) bond motifs is 1. The number of methoxy groups -OCH3 is 2. The summed E-state index contributed by atoms with van der Waals surface area (Å²) in [4.78, 5) is 27.1. The lowest BCUT2D eigenvalue weighted by molar-refractivity contribution is -0.121. The number of rotatable bonds is 9. The Balaban J connectivity index is 1.44. The highest BCUT2D eigenvalue weighted by atomic mass is 16.6. The highest BCUT2D eigenvalue weighted by Gasteiger charge is 2.60. The topological polar surface area (TPSA) is 121 Å². The molecule has 10 heteroatoms. The van der Waals surface area contributed by atoms with Gasteiger partial charge < -0.3 is 28.8 Å². The van der Waals surface area contributed by atoms with Crippen LogP contribution in [0.5, 0.6) is 11.5 Å². The lowest BCUT2D eigenvalue weighted by Crippen LogP contribution is -2.48. The van der Waals surface area contributed by atoms with Gasteiger partial charge in [0.1, 0.15) is 34.9 Å². The molecule has 0 radical (unpaired) electrons. The molecule has 0 bridgehead atoms. The molecule has 224 valence electrons. The van der Waals surface area contributed by atoms with Crippen LogP contribution in [0.3, 0.4) is 0 Å². The van der Waals surface area contributed by atoms with E-state index >= 15 is 0 Å². The number of aliphatic hydroxyl groups is 1. The van der Waals surface area contributed by atoms with Crippen molar-refractivity contribution < 1.29 is 28.8 Å². The van der Waals surface area contributed by atoms with Crippen LogP contribution < -0.4 is 20.7 Å². The monoisotopic (exact) mass is 586 g/mol. The van der Waals surface area contributed by atoms with Crippen LogP contribution in [0.1, 0.15) is 34.9 Å². The lowest BCUT2D eigenvalue weighted by atomic mass is 9.79. The largest absolute Gasteiger partial charge is 0.497 e. The molecule has 3 heterocycles. The summed E-state index contributed by atoms with van der Waals surface area (Å²) in [6.07, 6.45) is -0.929. The third kappa shape index (κ3) is 4.96. The first-order valence-corrected chi connectivity index (χ1v) is 14.1. The molecule has 3 aromatic carbocycles. The van der Waals surface area contributed by atoms with Gasteiger partial charge in [-0.3, -0.25) is 14.3 Å². The molecular weight excluding hydrogens is 552 g/mol. The minimum atomic E-state index is -1.43. The lowest BCUT2D eigenvalue weighted by Gasteiger charge is -2.38. The predicted octanol–water partition coefficient (Wildman–Crippen LogP) is 3.29. The average molecular weight is 587 g/mol. The summed E-state index contributed by atoms with van der Waals surface area (Å²) in [6, 6.07) is 25.1. The number of aryl methyl sites for hydroxylation is 1. The summed E-state index contributed by atoms with van der Waals surface area (Å²) < 4.78 is 31.4. The summed E-state index contributed by atoms with van der Waals surface area (Å²) in [5.74, 6) is 1.40. The SMILES string of the molecule is COc1ccc(C(OC[C@H]2O[C@@H](n3cc(C)c(=O)[nH]c3=O)[C@H]3OCC[C@]32O)(c2ccccc2)c2ccc(OC)cc2)cc1. The van der Waals surface area contributed by atoms with E-state index in [1.54, 1.807) is 21.1 Å². The van der Waals surface area contributed by atoms with Crippen molar-refractivity contribution in [2.45, 2.75) is 43.0 Å². The van der Waals surface area contributed by atoms with Crippen LogP contribution in [0.25, 0.3) is 0 Å². The molecule has 4 aromatic rings. The van der Waals surface area contributed by atoms with Gasteiger partial charge in [-0.15, -0.1) is 0 Å². The maximum atomic E-state index is 12.8. The van der Waals surface area contributed by atoms with Crippen LogP contribution in [0.15, 0.2) is 94.6 Å². The molecule has 6 rings (SSSR count). The maximum absolute atomic E-state index is 12.8. The normalized spacial score (nSPS) is 23.2. The summed E-state index contributed by atoms with van der Waals surface area (Å²) in [5.41, 5.74) is -0.821. The second-order valence-corrected chi connectivity index (χ2v) is 10.8. The number of nitrogens with one attached hydrogen (secondary N) is 1. The van der Waals surface area contributed by atoms with Crippen LogP contribution in [-0.4, -0.2) is 59.9 Å². The van der Waals surface area contributed by atoms with E-state index in [0.717, 1.165) is 16.7 Å². The fourth-order valence-electron chi connectivity index (χ4n) is 6.11. The zero-order valence-electron chi connectivity index (χ0n) is 24.2. The Hall–Kier alpha value is -4.22. The first-order valence-electron chi connectivity index (χ1n) is 14.1. The standard InChI is InChI=1S/C33H34N2O8/c1-21-19-35(31(37)34-29(21)36)30-28-32(38,17-18-41-28)27(43-30)20-42-33(22-7-5-4-6-8-22,23-9-13-25(39-2)14-10-23)24-11-15-26(40-3)16-12-24/h4-16,19,27-28,30,38H,17-18,20H2,1-3H3,(H,34,36,37)/t27-,28-,30-,32-/m1/s1. The number of nitrogens with zero attached hydrogens (tertiary/aromatic N) is 1. The molecule has 2 saturated heterocycles. The molecule has 2 N–H and O–H groups in total. The zero-order valence-corrected chi connectivity index (χ0v) is 24.2. The number of hydrogen-bond acceptors (Lipinski definition) is 8. The highest BCUT2D eigenvalue weighted by molar-refractivity contribution is 5.49. The van der Waals surface area contributed by atoms with Crippen molar-refractivity contribution in [2.24, 2.45) is 0 Å². The fraction of sp³-hybridized carbons (Fsp3) is 0.333. The average Bonchev–Trinajstić information content (AvgIpc) is 3.55. The summed E-state index contributed by atoms with van der Waals surface area (Å²) in [7, 11) is 3.23. The van der Waals surface area contributed by atoms with Gasteiger partial charge in [0.25, 0.3) is 5.56 Å². The van der Waals surface area contributed by atoms with E-state index in [2.05, 4.69) is 4.98 Å². The Bertz CT molecular complexity index is 1640. The van der Waals surface area contributed by atoms with Crippen molar-refractivity contribution >= 4 is 0 Å². The first-order chi connectivity index (χ1) is 20.8. The molecular formula is C33H34N2O8. The zero-order chi connectivity index (χ0) is 30.2. The van der Waals surface area contributed by atoms with Gasteiger partial charge in [-0.05, 0) is 47.9 Å². The highest BCUT2D eigenvalue weighted by Crippen LogP contribution is 2.47. The van der Waals surface area contributed by atoms with Crippen molar-refractivity contribution in [2.75, 3.05) is 27.4 Å². The number of aromatic nitrogens is 2. The molecule has 0 unspecified atom stereocenters. The third-order valence-electron chi connectivity index (χ3n) is 8.46. The van der Waals surface area contributed by atoms with Crippen LogP contribution in [0.4, 0.5) is 0 Å². The van der Waals surface area contributed by atoms with Crippen molar-refractivity contribution in [3.05, 3.63) is 128 Å². The minimum Gasteiger partial charge on any atom is -0.497 e. The maximum Gasteiger partial charge on any atom is 0.330 e. The number of hydrogen-bond donors (Lipinski definition) is 2. The van der Waals surface area contributed by atoms with E-state index in [0.29, 0.717) is 23.5 Å². The van der Waals surface area contributed by atoms with E-state index in [-0.39, 0.29) is 13.2 Å². The van der Waals surface area contributed by atoms with Gasteiger partial charge in [0, 0.05) is 18.2 Å². The molecule has 0 saturated carbocycles. The second-order valence-electron chi connectivity index (χ2n) is 10.8. The van der Waals surface area contributed by atoms with Crippen molar-refractivity contribution in [1.82, 2.24) is 9.55 Å². The molecule has 2 aliphatic rings. The molecule has 2 fully saturated rings. The molecule has 0 spiro atoms. The van der Waals surface area contributed by atoms with Crippen LogP contribution in [0, 0.1) is 6.92 Å². The molecule has 43 heavy (non-hydrogen) atoms. The number of benzene rings is 3. The Labute approximate surface area is 248 Å². The van der Waals surface area contributed by atoms with Gasteiger partial charge in [0.2, 0.25) is 0 Å². The van der Waals surface area contributed by atoms with E-state index in [4.69, 9.17) is 23.7 Å². The van der Waals surface area contributed by atoms with Crippen LogP contribution in [0.2, 0.25) is 0 Å². The molecule has 0 aliphatic carbocycles. The molecule has 0 amide bonds. The predicted molar refractivity (Wildman–Crippen MR) is 158 cm³/mol. The quantitative estimate of drug-likeness (QED) is 0.287. The molecule has 1 aromatic heterocycles. The van der Waals surface area contributed by atoms with Crippen LogP contribution in [-0.2, 0) is 19.8 Å². The minimum absolute atomic E-state index is 0.0447. The Morgan fingerprint density at radius 2 is 1.51 bits per heavy atom. The van der Waals surface area contributed by atoms with Crippen molar-refractivity contribution in [1.29, 1.82) is 0 Å². The Morgan fingerprint density at radius 1 is 0.930 bits per heavy atom. The number of H-pyrrole nitrogens is 1. The third-order valence-corrected chi connectivity index (χ3v) is 8.46. The summed E-state index contributed by atoms with van der Waals surface area (Å²) >= 11 is 0. The first kappa shape index (κ1) is 28.9. The van der Waals surface area contributed by atoms with Crippen molar-refractivity contribution in [3.8, 4) is 11.5 Å². The fourth-order valence-corrected chi connectivity index (χ4v) is 6.11. The Kier molecular flexibility index (Phi) is 7.70. The van der Waals surface area contributed by atoms with Gasteiger partial charge in [-0.25, -0.2) is 4.79 Å². The van der Waals surface area contributed by atoms with E-state index in [1.807, 2.05) is 78.9 Å². The van der Waals surface area contributed by atoms with Gasteiger partial charge in [-0.1, -0.05) is 54.6 Å². The molecule has 4 atom stereocenters. The van der Waals surface area contributed by atoms with Crippen molar-refractivity contribution in [3.63, 3.8) is 0 Å². The molecule has 10 nitrogen and oxygen atoms in total. The van der Waals surface area contributed by atoms with E-state index < -0.39 is 40.9 Å².